The van der Waals surface area contributed by atoms with E-state index in [1.165, 1.54) is 0 Å². The number of alkyl halides is 1. The lowest BCUT2D eigenvalue weighted by molar-refractivity contribution is -0.384. The molecule has 0 amide bonds. The summed E-state index contributed by atoms with van der Waals surface area (Å²) in [4.78, 5) is 10.6. The van der Waals surface area contributed by atoms with Gasteiger partial charge in [0.2, 0.25) is 0 Å². The van der Waals surface area contributed by atoms with E-state index in [-0.39, 0.29) is 16.0 Å². The summed E-state index contributed by atoms with van der Waals surface area (Å²) in [5.74, 6) is 0. The van der Waals surface area contributed by atoms with Crippen molar-refractivity contribution >= 4 is 21.6 Å². The second kappa shape index (κ2) is 5.63. The minimum atomic E-state index is -0.370. The van der Waals surface area contributed by atoms with Crippen LogP contribution in [-0.4, -0.2) is 9.75 Å². The average molecular weight is 300 g/mol. The van der Waals surface area contributed by atoms with Crippen LogP contribution in [0.1, 0.15) is 32.8 Å². The van der Waals surface area contributed by atoms with Gasteiger partial charge in [-0.1, -0.05) is 48.8 Å². The molecule has 0 saturated carbocycles. The average Bonchev–Trinajstić information content (AvgIpc) is 2.15. The molecule has 4 heteroatoms. The van der Waals surface area contributed by atoms with Crippen molar-refractivity contribution in [3.8, 4) is 0 Å². The largest absolute Gasteiger partial charge is 0.269 e. The Balaban J connectivity index is 2.60. The highest BCUT2D eigenvalue weighted by Crippen LogP contribution is 2.27. The van der Waals surface area contributed by atoms with Gasteiger partial charge in [0.25, 0.3) is 5.69 Å². The number of hydrogen-bond donors (Lipinski definition) is 0. The number of non-ortho nitro benzene ring substituents is 1. The van der Waals surface area contributed by atoms with Crippen molar-refractivity contribution in [1.82, 2.24) is 0 Å². The quantitative estimate of drug-likeness (QED) is 0.471. The molecule has 3 nitrogen and oxygen atoms in total. The van der Waals surface area contributed by atoms with E-state index >= 15 is 0 Å². The minimum Gasteiger partial charge on any atom is -0.258 e. The molecule has 0 bridgehead atoms. The Morgan fingerprint density at radius 2 is 1.82 bits per heavy atom. The summed E-state index contributed by atoms with van der Waals surface area (Å²) in [5, 5.41) is 10.5. The number of nitro groups is 1. The topological polar surface area (TPSA) is 43.1 Å². The van der Waals surface area contributed by atoms with Crippen LogP contribution in [-0.2, 0) is 6.42 Å². The van der Waals surface area contributed by atoms with E-state index in [2.05, 4.69) is 36.7 Å². The normalized spacial score (nSPS) is 13.4. The Hall–Kier alpha value is -0.900. The highest BCUT2D eigenvalue weighted by Gasteiger charge is 2.17. The highest BCUT2D eigenvalue weighted by molar-refractivity contribution is 9.09. The maximum Gasteiger partial charge on any atom is 0.269 e. The van der Waals surface area contributed by atoms with Gasteiger partial charge in [0.1, 0.15) is 0 Å². The molecule has 94 valence electrons. The van der Waals surface area contributed by atoms with Crippen molar-refractivity contribution < 1.29 is 4.92 Å². The zero-order valence-corrected chi connectivity index (χ0v) is 12.0. The van der Waals surface area contributed by atoms with Crippen LogP contribution < -0.4 is 0 Å². The summed E-state index contributed by atoms with van der Waals surface area (Å²) < 4.78 is 0. The van der Waals surface area contributed by atoms with E-state index in [1.54, 1.807) is 12.1 Å². The first-order chi connectivity index (χ1) is 7.78. The fourth-order valence-corrected chi connectivity index (χ4v) is 3.09. The third kappa shape index (κ3) is 5.31. The van der Waals surface area contributed by atoms with E-state index in [9.17, 15) is 10.1 Å². The van der Waals surface area contributed by atoms with Crippen LogP contribution in [0.4, 0.5) is 5.69 Å². The molecule has 0 N–H and O–H groups in total. The molecular formula is C13H18BrNO2. The predicted molar refractivity (Wildman–Crippen MR) is 73.6 cm³/mol. The Morgan fingerprint density at radius 3 is 2.24 bits per heavy atom. The third-order valence-electron chi connectivity index (χ3n) is 2.44. The van der Waals surface area contributed by atoms with Crippen LogP contribution >= 0.6 is 15.9 Å². The van der Waals surface area contributed by atoms with Crippen LogP contribution in [0.25, 0.3) is 0 Å². The van der Waals surface area contributed by atoms with Gasteiger partial charge in [-0.3, -0.25) is 10.1 Å². The molecule has 17 heavy (non-hydrogen) atoms. The van der Waals surface area contributed by atoms with E-state index in [4.69, 9.17) is 0 Å². The molecule has 0 spiro atoms. The first kappa shape index (κ1) is 14.2. The van der Waals surface area contributed by atoms with Crippen molar-refractivity contribution in [3.63, 3.8) is 0 Å². The van der Waals surface area contributed by atoms with E-state index < -0.39 is 0 Å². The smallest absolute Gasteiger partial charge is 0.258 e. The van der Waals surface area contributed by atoms with Gasteiger partial charge >= 0.3 is 0 Å². The Labute approximate surface area is 111 Å². The number of rotatable bonds is 4. The number of nitro benzene ring substituents is 1. The van der Waals surface area contributed by atoms with Gasteiger partial charge in [-0.05, 0) is 23.8 Å². The standard InChI is InChI=1S/C13H18BrNO2/c1-13(2,3)9-11(14)8-10-4-6-12(7-5-10)15(16)17/h4-7,11H,8-9H2,1-3H3. The number of nitrogens with zero attached hydrogens (tertiary/aromatic N) is 1. The lowest BCUT2D eigenvalue weighted by atomic mass is 9.89. The lowest BCUT2D eigenvalue weighted by Gasteiger charge is -2.22. The summed E-state index contributed by atoms with van der Waals surface area (Å²) in [6.45, 7) is 6.62. The van der Waals surface area contributed by atoms with Gasteiger partial charge in [0, 0.05) is 17.0 Å². The summed E-state index contributed by atoms with van der Waals surface area (Å²) in [6.07, 6.45) is 1.97. The third-order valence-corrected chi connectivity index (χ3v) is 3.09. The predicted octanol–water partition coefficient (Wildman–Crippen LogP) is 4.34. The molecule has 0 aromatic heterocycles. The molecule has 0 aliphatic heterocycles. The first-order valence-electron chi connectivity index (χ1n) is 5.65. The first-order valence-corrected chi connectivity index (χ1v) is 6.57. The second-order valence-electron chi connectivity index (χ2n) is 5.49. The monoisotopic (exact) mass is 299 g/mol. The van der Waals surface area contributed by atoms with Crippen molar-refractivity contribution in [2.45, 2.75) is 38.4 Å². The fourth-order valence-electron chi connectivity index (χ4n) is 1.75. The van der Waals surface area contributed by atoms with Crippen molar-refractivity contribution in [1.29, 1.82) is 0 Å². The fraction of sp³-hybridized carbons (Fsp3) is 0.538. The van der Waals surface area contributed by atoms with Crippen LogP contribution in [0.15, 0.2) is 24.3 Å². The number of benzene rings is 1. The molecule has 1 atom stereocenters. The van der Waals surface area contributed by atoms with Crippen LogP contribution in [0.5, 0.6) is 0 Å². The Kier molecular flexibility index (Phi) is 4.69. The molecule has 1 aromatic carbocycles. The molecule has 0 radical (unpaired) electrons. The molecule has 0 aliphatic carbocycles. The van der Waals surface area contributed by atoms with Crippen molar-refractivity contribution in [3.05, 3.63) is 39.9 Å². The van der Waals surface area contributed by atoms with E-state index in [1.807, 2.05) is 12.1 Å². The molecule has 1 aromatic rings. The zero-order valence-electron chi connectivity index (χ0n) is 10.4. The second-order valence-corrected chi connectivity index (χ2v) is 6.78. The van der Waals surface area contributed by atoms with Gasteiger partial charge in [-0.2, -0.15) is 0 Å². The molecule has 0 heterocycles. The van der Waals surface area contributed by atoms with Crippen LogP contribution in [0.2, 0.25) is 0 Å². The lowest BCUT2D eigenvalue weighted by Crippen LogP contribution is -2.14. The van der Waals surface area contributed by atoms with Crippen LogP contribution in [0.3, 0.4) is 0 Å². The summed E-state index contributed by atoms with van der Waals surface area (Å²) in [6, 6.07) is 6.78. The zero-order chi connectivity index (χ0) is 13.1. The molecule has 1 unspecified atom stereocenters. The molecule has 0 fully saturated rings. The highest BCUT2D eigenvalue weighted by atomic mass is 79.9. The van der Waals surface area contributed by atoms with Gasteiger partial charge in [-0.15, -0.1) is 0 Å². The van der Waals surface area contributed by atoms with Gasteiger partial charge in [0.15, 0.2) is 0 Å². The number of hydrogen-bond acceptors (Lipinski definition) is 2. The Morgan fingerprint density at radius 1 is 1.29 bits per heavy atom. The molecular weight excluding hydrogens is 282 g/mol. The SMILES string of the molecule is CC(C)(C)CC(Br)Cc1ccc([N+](=O)[O-])cc1. The molecule has 0 aliphatic rings. The maximum atomic E-state index is 10.5. The number of halogens is 1. The van der Waals surface area contributed by atoms with Gasteiger partial charge in [0.05, 0.1) is 4.92 Å². The van der Waals surface area contributed by atoms with E-state index in [0.717, 1.165) is 18.4 Å². The molecule has 0 saturated heterocycles. The summed E-state index contributed by atoms with van der Waals surface area (Å²) >= 11 is 3.66. The molecule has 1 rings (SSSR count). The summed E-state index contributed by atoms with van der Waals surface area (Å²) in [5.41, 5.74) is 1.56. The van der Waals surface area contributed by atoms with Crippen LogP contribution in [0, 0.1) is 15.5 Å². The summed E-state index contributed by atoms with van der Waals surface area (Å²) in [7, 11) is 0. The Bertz CT molecular complexity index is 381. The maximum absolute atomic E-state index is 10.5. The minimum absolute atomic E-state index is 0.149. The van der Waals surface area contributed by atoms with Gasteiger partial charge < -0.3 is 0 Å². The van der Waals surface area contributed by atoms with Gasteiger partial charge in [-0.25, -0.2) is 0 Å². The van der Waals surface area contributed by atoms with E-state index in [0.29, 0.717) is 4.83 Å². The van der Waals surface area contributed by atoms with Crippen molar-refractivity contribution in [2.24, 2.45) is 5.41 Å². The van der Waals surface area contributed by atoms with Crippen molar-refractivity contribution in [2.75, 3.05) is 0 Å².